The van der Waals surface area contributed by atoms with Crippen LogP contribution in [0.25, 0.3) is 11.5 Å². The van der Waals surface area contributed by atoms with E-state index in [4.69, 9.17) is 10.2 Å². The molecular formula is C11H9F3N2O. The van der Waals surface area contributed by atoms with E-state index in [1.807, 2.05) is 0 Å². The fraction of sp³-hybridized carbons (Fsp3) is 0.182. The molecule has 0 saturated carbocycles. The van der Waals surface area contributed by atoms with Gasteiger partial charge < -0.3 is 10.2 Å². The van der Waals surface area contributed by atoms with Gasteiger partial charge in [-0.2, -0.15) is 13.2 Å². The van der Waals surface area contributed by atoms with E-state index in [-0.39, 0.29) is 18.0 Å². The lowest BCUT2D eigenvalue weighted by Gasteiger charge is -2.06. The Kier molecular flexibility index (Phi) is 2.89. The van der Waals surface area contributed by atoms with Crippen LogP contribution in [0.3, 0.4) is 0 Å². The lowest BCUT2D eigenvalue weighted by atomic mass is 10.1. The van der Waals surface area contributed by atoms with E-state index in [1.54, 1.807) is 0 Å². The Bertz CT molecular complexity index is 519. The van der Waals surface area contributed by atoms with Gasteiger partial charge in [-0.1, -0.05) is 6.07 Å². The molecule has 0 aliphatic heterocycles. The maximum Gasteiger partial charge on any atom is 0.416 e. The SMILES string of the molecule is NCc1coc(-c2cccc(C(F)(F)F)c2)n1. The van der Waals surface area contributed by atoms with Crippen LogP contribution in [-0.4, -0.2) is 4.98 Å². The van der Waals surface area contributed by atoms with Gasteiger partial charge in [0, 0.05) is 12.1 Å². The number of aromatic nitrogens is 1. The van der Waals surface area contributed by atoms with Crippen molar-refractivity contribution in [2.75, 3.05) is 0 Å². The Morgan fingerprint density at radius 3 is 2.65 bits per heavy atom. The molecule has 0 amide bonds. The summed E-state index contributed by atoms with van der Waals surface area (Å²) in [7, 11) is 0. The molecule has 0 unspecified atom stereocenters. The summed E-state index contributed by atoms with van der Waals surface area (Å²) in [4.78, 5) is 3.96. The second-order valence-electron chi connectivity index (χ2n) is 3.43. The average Bonchev–Trinajstić information content (AvgIpc) is 2.76. The summed E-state index contributed by atoms with van der Waals surface area (Å²) >= 11 is 0. The number of oxazole rings is 1. The number of rotatable bonds is 2. The van der Waals surface area contributed by atoms with Crippen LogP contribution in [0.4, 0.5) is 13.2 Å². The predicted molar refractivity (Wildman–Crippen MR) is 54.8 cm³/mol. The Labute approximate surface area is 95.1 Å². The van der Waals surface area contributed by atoms with Gasteiger partial charge in [-0.25, -0.2) is 4.98 Å². The molecule has 6 heteroatoms. The molecule has 90 valence electrons. The molecule has 0 spiro atoms. The molecule has 1 aromatic heterocycles. The first-order valence-corrected chi connectivity index (χ1v) is 4.83. The van der Waals surface area contributed by atoms with Crippen molar-refractivity contribution in [1.82, 2.24) is 4.98 Å². The van der Waals surface area contributed by atoms with Crippen molar-refractivity contribution >= 4 is 0 Å². The summed E-state index contributed by atoms with van der Waals surface area (Å²) in [5.41, 5.74) is 5.38. The van der Waals surface area contributed by atoms with Gasteiger partial charge in [0.25, 0.3) is 0 Å². The third-order valence-corrected chi connectivity index (χ3v) is 2.20. The van der Waals surface area contributed by atoms with Gasteiger partial charge in [0.05, 0.1) is 11.3 Å². The number of benzene rings is 1. The number of nitrogens with two attached hydrogens (primary N) is 1. The van der Waals surface area contributed by atoms with E-state index in [1.165, 1.54) is 18.4 Å². The molecule has 2 rings (SSSR count). The highest BCUT2D eigenvalue weighted by Gasteiger charge is 2.30. The minimum absolute atomic E-state index is 0.136. The summed E-state index contributed by atoms with van der Waals surface area (Å²) in [5.74, 6) is 0.136. The van der Waals surface area contributed by atoms with Crippen LogP contribution < -0.4 is 5.73 Å². The molecule has 0 aliphatic carbocycles. The normalized spacial score (nSPS) is 11.8. The number of halogens is 3. The Morgan fingerprint density at radius 2 is 2.06 bits per heavy atom. The Morgan fingerprint density at radius 1 is 1.29 bits per heavy atom. The molecule has 2 N–H and O–H groups in total. The van der Waals surface area contributed by atoms with E-state index >= 15 is 0 Å². The second kappa shape index (κ2) is 4.21. The molecule has 0 aliphatic rings. The molecule has 17 heavy (non-hydrogen) atoms. The zero-order chi connectivity index (χ0) is 12.5. The molecule has 0 saturated heterocycles. The lowest BCUT2D eigenvalue weighted by Crippen LogP contribution is -2.04. The maximum atomic E-state index is 12.5. The monoisotopic (exact) mass is 242 g/mol. The first-order valence-electron chi connectivity index (χ1n) is 4.83. The van der Waals surface area contributed by atoms with Crippen molar-refractivity contribution in [3.8, 4) is 11.5 Å². The topological polar surface area (TPSA) is 52.0 Å². The van der Waals surface area contributed by atoms with Crippen LogP contribution in [0.15, 0.2) is 34.9 Å². The van der Waals surface area contributed by atoms with Crippen LogP contribution in [0.2, 0.25) is 0 Å². The quantitative estimate of drug-likeness (QED) is 0.880. The van der Waals surface area contributed by atoms with Gasteiger partial charge in [-0.05, 0) is 18.2 Å². The van der Waals surface area contributed by atoms with Crippen LogP contribution >= 0.6 is 0 Å². The van der Waals surface area contributed by atoms with Gasteiger partial charge in [-0.3, -0.25) is 0 Å². The number of nitrogens with zero attached hydrogens (tertiary/aromatic N) is 1. The molecule has 1 heterocycles. The molecule has 2 aromatic rings. The molecule has 0 radical (unpaired) electrons. The standard InChI is InChI=1S/C11H9F3N2O/c12-11(13,14)8-3-1-2-7(4-8)10-16-9(5-15)6-17-10/h1-4,6H,5,15H2. The molecule has 1 aromatic carbocycles. The van der Waals surface area contributed by atoms with E-state index in [0.29, 0.717) is 5.69 Å². The average molecular weight is 242 g/mol. The highest BCUT2D eigenvalue weighted by atomic mass is 19.4. The minimum atomic E-state index is -4.38. The number of alkyl halides is 3. The second-order valence-corrected chi connectivity index (χ2v) is 3.43. The first kappa shape index (κ1) is 11.7. The molecule has 3 nitrogen and oxygen atoms in total. The molecule has 0 fully saturated rings. The van der Waals surface area contributed by atoms with E-state index in [0.717, 1.165) is 12.1 Å². The third-order valence-electron chi connectivity index (χ3n) is 2.20. The highest BCUT2D eigenvalue weighted by molar-refractivity contribution is 5.54. The van der Waals surface area contributed by atoms with Gasteiger partial charge in [0.2, 0.25) is 5.89 Å². The Hall–Kier alpha value is -1.82. The molecule has 0 atom stereocenters. The van der Waals surface area contributed by atoms with Crippen molar-refractivity contribution in [3.63, 3.8) is 0 Å². The maximum absolute atomic E-state index is 12.5. The summed E-state index contributed by atoms with van der Waals surface area (Å²) in [6.45, 7) is 0.183. The summed E-state index contributed by atoms with van der Waals surface area (Å²) in [6.07, 6.45) is -3.05. The van der Waals surface area contributed by atoms with E-state index in [9.17, 15) is 13.2 Å². The minimum Gasteiger partial charge on any atom is -0.444 e. The van der Waals surface area contributed by atoms with E-state index < -0.39 is 11.7 Å². The van der Waals surface area contributed by atoms with E-state index in [2.05, 4.69) is 4.98 Å². The lowest BCUT2D eigenvalue weighted by molar-refractivity contribution is -0.137. The zero-order valence-electron chi connectivity index (χ0n) is 8.66. The Balaban J connectivity index is 2.39. The van der Waals surface area contributed by atoms with Gasteiger partial charge in [0.15, 0.2) is 0 Å². The smallest absolute Gasteiger partial charge is 0.416 e. The third kappa shape index (κ3) is 2.47. The van der Waals surface area contributed by atoms with Crippen LogP contribution in [0.1, 0.15) is 11.3 Å². The van der Waals surface area contributed by atoms with Crippen molar-refractivity contribution in [2.24, 2.45) is 5.73 Å². The van der Waals surface area contributed by atoms with Crippen LogP contribution in [0, 0.1) is 0 Å². The summed E-state index contributed by atoms with van der Waals surface area (Å²) < 4.78 is 42.5. The number of hydrogen-bond acceptors (Lipinski definition) is 3. The van der Waals surface area contributed by atoms with Crippen LogP contribution in [-0.2, 0) is 12.7 Å². The fourth-order valence-electron chi connectivity index (χ4n) is 1.36. The van der Waals surface area contributed by atoms with Crippen LogP contribution in [0.5, 0.6) is 0 Å². The summed E-state index contributed by atoms with van der Waals surface area (Å²) in [5, 5.41) is 0. The summed E-state index contributed by atoms with van der Waals surface area (Å²) in [6, 6.07) is 4.80. The van der Waals surface area contributed by atoms with Gasteiger partial charge in [-0.15, -0.1) is 0 Å². The van der Waals surface area contributed by atoms with Crippen molar-refractivity contribution < 1.29 is 17.6 Å². The molecular weight excluding hydrogens is 233 g/mol. The van der Waals surface area contributed by atoms with Gasteiger partial charge >= 0.3 is 6.18 Å². The highest BCUT2D eigenvalue weighted by Crippen LogP contribution is 2.31. The van der Waals surface area contributed by atoms with Crippen molar-refractivity contribution in [3.05, 3.63) is 41.8 Å². The first-order chi connectivity index (χ1) is 8.00. The zero-order valence-corrected chi connectivity index (χ0v) is 8.66. The predicted octanol–water partition coefficient (Wildman–Crippen LogP) is 2.82. The fourth-order valence-corrected chi connectivity index (χ4v) is 1.36. The number of hydrogen-bond donors (Lipinski definition) is 1. The molecule has 0 bridgehead atoms. The van der Waals surface area contributed by atoms with Gasteiger partial charge in [0.1, 0.15) is 6.26 Å². The largest absolute Gasteiger partial charge is 0.444 e. The van der Waals surface area contributed by atoms with Crippen molar-refractivity contribution in [2.45, 2.75) is 12.7 Å². The van der Waals surface area contributed by atoms with Crippen molar-refractivity contribution in [1.29, 1.82) is 0 Å².